The van der Waals surface area contributed by atoms with Crippen LogP contribution in [0, 0.1) is 5.92 Å². The number of piperidine rings is 1. The smallest absolute Gasteiger partial charge is 0.249 e. The van der Waals surface area contributed by atoms with E-state index < -0.39 is 12.1 Å². The van der Waals surface area contributed by atoms with E-state index in [1.165, 1.54) is 0 Å². The van der Waals surface area contributed by atoms with Gasteiger partial charge < -0.3 is 15.3 Å². The second-order valence-corrected chi connectivity index (χ2v) is 6.13. The molecule has 3 unspecified atom stereocenters. The van der Waals surface area contributed by atoms with Gasteiger partial charge in [0.2, 0.25) is 11.8 Å². The average molecular weight is 302 g/mol. The van der Waals surface area contributed by atoms with Crippen molar-refractivity contribution in [3.05, 3.63) is 30.3 Å². The Bertz CT molecular complexity index is 546. The van der Waals surface area contributed by atoms with Gasteiger partial charge in [-0.05, 0) is 44.2 Å². The normalized spacial score (nSPS) is 28.7. The molecule has 1 heterocycles. The number of hydrogen-bond donors (Lipinski definition) is 2. The molecule has 0 aromatic heterocycles. The molecule has 1 aromatic carbocycles. The molecule has 22 heavy (non-hydrogen) atoms. The molecule has 1 saturated carbocycles. The van der Waals surface area contributed by atoms with Crippen molar-refractivity contribution in [2.45, 2.75) is 44.2 Å². The zero-order valence-corrected chi connectivity index (χ0v) is 12.6. The fourth-order valence-electron chi connectivity index (χ4n) is 3.40. The van der Waals surface area contributed by atoms with Crippen LogP contribution in [0.3, 0.4) is 0 Å². The van der Waals surface area contributed by atoms with E-state index >= 15 is 0 Å². The number of aliphatic hydroxyl groups excluding tert-OH is 1. The van der Waals surface area contributed by atoms with E-state index in [4.69, 9.17) is 0 Å². The van der Waals surface area contributed by atoms with Crippen molar-refractivity contribution in [1.29, 1.82) is 0 Å². The Labute approximate surface area is 130 Å². The third-order valence-electron chi connectivity index (χ3n) is 4.64. The predicted molar refractivity (Wildman–Crippen MR) is 83.3 cm³/mol. The number of amides is 2. The first-order valence-corrected chi connectivity index (χ1v) is 8.01. The van der Waals surface area contributed by atoms with Crippen LogP contribution in [0.25, 0.3) is 0 Å². The number of nitrogens with zero attached hydrogens (tertiary/aromatic N) is 1. The number of nitrogens with one attached hydrogen (secondary N) is 1. The standard InChI is InChI=1S/C17H22N2O3/c20-15-10-4-8-13(15)16(21)18-14-9-5-11-19(17(14)22)12-6-2-1-3-7-12/h1-3,6-7,13-15,20H,4-5,8-11H2,(H,18,21). The lowest BCUT2D eigenvalue weighted by Crippen LogP contribution is -2.54. The Kier molecular flexibility index (Phi) is 4.43. The van der Waals surface area contributed by atoms with Crippen LogP contribution >= 0.6 is 0 Å². The number of para-hydroxylation sites is 1. The molecule has 5 nitrogen and oxygen atoms in total. The van der Waals surface area contributed by atoms with Gasteiger partial charge in [0, 0.05) is 12.2 Å². The third kappa shape index (κ3) is 2.99. The van der Waals surface area contributed by atoms with Crippen molar-refractivity contribution < 1.29 is 14.7 Å². The summed E-state index contributed by atoms with van der Waals surface area (Å²) in [4.78, 5) is 26.6. The number of carbonyl (C=O) groups is 2. The Morgan fingerprint density at radius 1 is 1.14 bits per heavy atom. The van der Waals surface area contributed by atoms with Gasteiger partial charge in [-0.1, -0.05) is 18.2 Å². The summed E-state index contributed by atoms with van der Waals surface area (Å²) in [5.74, 6) is -0.601. The number of aliphatic hydroxyl groups is 1. The Morgan fingerprint density at radius 2 is 1.91 bits per heavy atom. The van der Waals surface area contributed by atoms with E-state index in [9.17, 15) is 14.7 Å². The van der Waals surface area contributed by atoms with Gasteiger partial charge in [-0.2, -0.15) is 0 Å². The lowest BCUT2D eigenvalue weighted by molar-refractivity contribution is -0.132. The van der Waals surface area contributed by atoms with Crippen LogP contribution in [-0.2, 0) is 9.59 Å². The number of benzene rings is 1. The van der Waals surface area contributed by atoms with Crippen molar-refractivity contribution in [3.63, 3.8) is 0 Å². The van der Waals surface area contributed by atoms with Crippen LogP contribution in [0.15, 0.2) is 30.3 Å². The first-order valence-electron chi connectivity index (χ1n) is 8.01. The Hall–Kier alpha value is -1.88. The molecule has 3 rings (SSSR count). The summed E-state index contributed by atoms with van der Waals surface area (Å²) in [7, 11) is 0. The lowest BCUT2D eigenvalue weighted by Gasteiger charge is -2.33. The van der Waals surface area contributed by atoms with Crippen LogP contribution < -0.4 is 10.2 Å². The van der Waals surface area contributed by atoms with Gasteiger partial charge in [-0.25, -0.2) is 0 Å². The molecule has 2 fully saturated rings. The van der Waals surface area contributed by atoms with Crippen LogP contribution in [0.5, 0.6) is 0 Å². The fraction of sp³-hybridized carbons (Fsp3) is 0.529. The summed E-state index contributed by atoms with van der Waals surface area (Å²) in [5.41, 5.74) is 0.868. The summed E-state index contributed by atoms with van der Waals surface area (Å²) >= 11 is 0. The summed E-state index contributed by atoms with van der Waals surface area (Å²) in [6.07, 6.45) is 3.20. The molecular weight excluding hydrogens is 280 g/mol. The van der Waals surface area contributed by atoms with Gasteiger partial charge in [0.05, 0.1) is 12.0 Å². The van der Waals surface area contributed by atoms with E-state index in [1.54, 1.807) is 4.90 Å². The lowest BCUT2D eigenvalue weighted by atomic mass is 10.0. The largest absolute Gasteiger partial charge is 0.392 e. The Balaban J connectivity index is 1.67. The van der Waals surface area contributed by atoms with Crippen molar-refractivity contribution in [3.8, 4) is 0 Å². The number of anilines is 1. The molecule has 118 valence electrons. The molecule has 2 aliphatic rings. The summed E-state index contributed by atoms with van der Waals surface area (Å²) in [5, 5.41) is 12.7. The number of hydrogen-bond acceptors (Lipinski definition) is 3. The molecule has 1 aliphatic carbocycles. The van der Waals surface area contributed by atoms with E-state index in [1.807, 2.05) is 30.3 Å². The monoisotopic (exact) mass is 302 g/mol. The average Bonchev–Trinajstić information content (AvgIpc) is 2.96. The molecule has 1 aliphatic heterocycles. The van der Waals surface area contributed by atoms with Crippen molar-refractivity contribution in [1.82, 2.24) is 5.32 Å². The maximum absolute atomic E-state index is 12.6. The highest BCUT2D eigenvalue weighted by molar-refractivity contribution is 6.00. The molecule has 1 saturated heterocycles. The van der Waals surface area contributed by atoms with Crippen LogP contribution in [0.1, 0.15) is 32.1 Å². The SMILES string of the molecule is O=C(NC1CCCN(c2ccccc2)C1=O)C1CCCC1O. The van der Waals surface area contributed by atoms with Crippen LogP contribution in [0.2, 0.25) is 0 Å². The topological polar surface area (TPSA) is 69.6 Å². The van der Waals surface area contributed by atoms with Crippen molar-refractivity contribution >= 4 is 17.5 Å². The Morgan fingerprint density at radius 3 is 2.59 bits per heavy atom. The molecule has 2 amide bonds. The minimum Gasteiger partial charge on any atom is -0.392 e. The number of carbonyl (C=O) groups excluding carboxylic acids is 2. The van der Waals surface area contributed by atoms with Gasteiger partial charge in [0.1, 0.15) is 6.04 Å². The maximum Gasteiger partial charge on any atom is 0.249 e. The van der Waals surface area contributed by atoms with Crippen LogP contribution in [-0.4, -0.2) is 35.6 Å². The zero-order valence-electron chi connectivity index (χ0n) is 12.6. The van der Waals surface area contributed by atoms with Gasteiger partial charge in [0.15, 0.2) is 0 Å². The quantitative estimate of drug-likeness (QED) is 0.888. The number of rotatable bonds is 3. The van der Waals surface area contributed by atoms with E-state index in [0.29, 0.717) is 25.8 Å². The van der Waals surface area contributed by atoms with E-state index in [2.05, 4.69) is 5.32 Å². The first kappa shape index (κ1) is 15.0. The first-order chi connectivity index (χ1) is 10.7. The van der Waals surface area contributed by atoms with Gasteiger partial charge in [-0.15, -0.1) is 0 Å². The molecule has 1 aromatic rings. The minimum absolute atomic E-state index is 0.0571. The van der Waals surface area contributed by atoms with Crippen molar-refractivity contribution in [2.24, 2.45) is 5.92 Å². The summed E-state index contributed by atoms with van der Waals surface area (Å²) in [6, 6.07) is 9.05. The fourth-order valence-corrected chi connectivity index (χ4v) is 3.40. The second kappa shape index (κ2) is 6.48. The maximum atomic E-state index is 12.6. The van der Waals surface area contributed by atoms with Crippen LogP contribution in [0.4, 0.5) is 5.69 Å². The minimum atomic E-state index is -0.566. The zero-order chi connectivity index (χ0) is 15.5. The second-order valence-electron chi connectivity index (χ2n) is 6.13. The molecule has 0 radical (unpaired) electrons. The highest BCUT2D eigenvalue weighted by Crippen LogP contribution is 2.26. The van der Waals surface area contributed by atoms with E-state index in [-0.39, 0.29) is 17.7 Å². The third-order valence-corrected chi connectivity index (χ3v) is 4.64. The molecule has 5 heteroatoms. The summed E-state index contributed by atoms with van der Waals surface area (Å²) in [6.45, 7) is 0.682. The predicted octanol–water partition coefficient (Wildman–Crippen LogP) is 1.46. The van der Waals surface area contributed by atoms with Gasteiger partial charge >= 0.3 is 0 Å². The van der Waals surface area contributed by atoms with E-state index in [0.717, 1.165) is 18.5 Å². The van der Waals surface area contributed by atoms with Gasteiger partial charge in [-0.3, -0.25) is 9.59 Å². The molecule has 3 atom stereocenters. The molecule has 2 N–H and O–H groups in total. The van der Waals surface area contributed by atoms with Crippen molar-refractivity contribution in [2.75, 3.05) is 11.4 Å². The summed E-state index contributed by atoms with van der Waals surface area (Å²) < 4.78 is 0. The molecule has 0 spiro atoms. The molecule has 0 bridgehead atoms. The highest BCUT2D eigenvalue weighted by Gasteiger charge is 2.36. The van der Waals surface area contributed by atoms with Gasteiger partial charge in [0.25, 0.3) is 0 Å². The molecular formula is C17H22N2O3. The highest BCUT2D eigenvalue weighted by atomic mass is 16.3.